The van der Waals surface area contributed by atoms with Gasteiger partial charge in [-0.2, -0.15) is 13.2 Å². The summed E-state index contributed by atoms with van der Waals surface area (Å²) in [6.07, 6.45) is -4.50. The summed E-state index contributed by atoms with van der Waals surface area (Å²) in [5, 5.41) is 0.463. The number of ether oxygens (including phenoxy) is 1. The fraction of sp³-hybridized carbons (Fsp3) is 0.200. The quantitative estimate of drug-likeness (QED) is 0.909. The highest BCUT2D eigenvalue weighted by Gasteiger charge is 2.34. The molecule has 2 aromatic carbocycles. The van der Waals surface area contributed by atoms with Crippen molar-refractivity contribution in [3.63, 3.8) is 0 Å². The summed E-state index contributed by atoms with van der Waals surface area (Å²) >= 11 is 5.86. The van der Waals surface area contributed by atoms with E-state index in [1.165, 1.54) is 6.07 Å². The molecular formula is C15H13ClF3NO. The number of rotatable bonds is 4. The van der Waals surface area contributed by atoms with E-state index in [4.69, 9.17) is 22.1 Å². The average molecular weight is 316 g/mol. The van der Waals surface area contributed by atoms with Crippen molar-refractivity contribution >= 4 is 11.6 Å². The van der Waals surface area contributed by atoms with Crippen LogP contribution in [0.5, 0.6) is 5.75 Å². The molecule has 2 aromatic rings. The summed E-state index contributed by atoms with van der Waals surface area (Å²) < 4.78 is 44.4. The van der Waals surface area contributed by atoms with E-state index in [0.717, 1.165) is 6.07 Å². The maximum Gasteiger partial charge on any atom is 0.419 e. The number of halogens is 4. The van der Waals surface area contributed by atoms with Gasteiger partial charge in [-0.1, -0.05) is 29.8 Å². The second-order valence-corrected chi connectivity index (χ2v) is 4.79. The van der Waals surface area contributed by atoms with Crippen LogP contribution in [0.25, 0.3) is 11.1 Å². The maximum atomic E-state index is 13.1. The van der Waals surface area contributed by atoms with E-state index < -0.39 is 11.7 Å². The highest BCUT2D eigenvalue weighted by molar-refractivity contribution is 6.30. The standard InChI is InChI=1S/C15H13ClF3NO/c16-12-3-1-2-10(8-12)11-4-5-14(21-7-6-20)13(9-11)15(17,18)19/h1-5,8-9H,6-7,20H2. The minimum absolute atomic E-state index is 0.0274. The number of benzene rings is 2. The molecule has 112 valence electrons. The molecule has 2 N–H and O–H groups in total. The first-order valence-corrected chi connectivity index (χ1v) is 6.59. The van der Waals surface area contributed by atoms with Crippen molar-refractivity contribution < 1.29 is 17.9 Å². The number of nitrogens with two attached hydrogens (primary N) is 1. The Hall–Kier alpha value is -1.72. The molecule has 0 bridgehead atoms. The van der Waals surface area contributed by atoms with Gasteiger partial charge < -0.3 is 10.5 Å². The Kier molecular flexibility index (Phi) is 4.75. The molecule has 2 nitrogen and oxygen atoms in total. The molecule has 2 rings (SSSR count). The van der Waals surface area contributed by atoms with Gasteiger partial charge in [0.2, 0.25) is 0 Å². The predicted octanol–water partition coefficient (Wildman–Crippen LogP) is 4.36. The lowest BCUT2D eigenvalue weighted by molar-refractivity contribution is -0.138. The van der Waals surface area contributed by atoms with Gasteiger partial charge in [0.05, 0.1) is 5.56 Å². The zero-order chi connectivity index (χ0) is 15.5. The normalized spacial score (nSPS) is 11.5. The monoisotopic (exact) mass is 315 g/mol. The van der Waals surface area contributed by atoms with Crippen LogP contribution >= 0.6 is 11.6 Å². The van der Waals surface area contributed by atoms with Crippen LogP contribution in [0.3, 0.4) is 0 Å². The molecule has 0 unspecified atom stereocenters. The van der Waals surface area contributed by atoms with Gasteiger partial charge in [0.15, 0.2) is 0 Å². The molecule has 0 aliphatic heterocycles. The van der Waals surface area contributed by atoms with E-state index in [-0.39, 0.29) is 18.9 Å². The molecule has 21 heavy (non-hydrogen) atoms. The highest BCUT2D eigenvalue weighted by atomic mass is 35.5. The van der Waals surface area contributed by atoms with Crippen LogP contribution < -0.4 is 10.5 Å². The largest absolute Gasteiger partial charge is 0.492 e. The maximum absolute atomic E-state index is 13.1. The van der Waals surface area contributed by atoms with Crippen LogP contribution in [-0.2, 0) is 6.18 Å². The Bertz CT molecular complexity index is 629. The highest BCUT2D eigenvalue weighted by Crippen LogP contribution is 2.39. The van der Waals surface area contributed by atoms with E-state index in [9.17, 15) is 13.2 Å². The Morgan fingerprint density at radius 2 is 1.76 bits per heavy atom. The third kappa shape index (κ3) is 3.89. The number of hydrogen-bond acceptors (Lipinski definition) is 2. The topological polar surface area (TPSA) is 35.2 Å². The zero-order valence-electron chi connectivity index (χ0n) is 11.0. The van der Waals surface area contributed by atoms with E-state index in [0.29, 0.717) is 16.1 Å². The van der Waals surface area contributed by atoms with Crippen LogP contribution in [-0.4, -0.2) is 13.2 Å². The minimum Gasteiger partial charge on any atom is -0.492 e. The van der Waals surface area contributed by atoms with Crippen molar-refractivity contribution in [3.05, 3.63) is 53.1 Å². The van der Waals surface area contributed by atoms with Crippen LogP contribution in [0.4, 0.5) is 13.2 Å². The van der Waals surface area contributed by atoms with Crippen LogP contribution in [0.1, 0.15) is 5.56 Å². The Balaban J connectivity index is 2.46. The number of alkyl halides is 3. The van der Waals surface area contributed by atoms with Crippen molar-refractivity contribution in [2.75, 3.05) is 13.2 Å². The van der Waals surface area contributed by atoms with Gasteiger partial charge >= 0.3 is 6.18 Å². The van der Waals surface area contributed by atoms with Gasteiger partial charge in [-0.05, 0) is 35.4 Å². The molecule has 6 heteroatoms. The van der Waals surface area contributed by atoms with Gasteiger partial charge in [0, 0.05) is 11.6 Å². The SMILES string of the molecule is NCCOc1ccc(-c2cccc(Cl)c2)cc1C(F)(F)F. The predicted molar refractivity (Wildman–Crippen MR) is 76.4 cm³/mol. The molecule has 0 saturated carbocycles. The van der Waals surface area contributed by atoms with Crippen molar-refractivity contribution in [1.29, 1.82) is 0 Å². The van der Waals surface area contributed by atoms with Gasteiger partial charge in [-0.15, -0.1) is 0 Å². The summed E-state index contributed by atoms with van der Waals surface area (Å²) in [5.41, 5.74) is 5.46. The van der Waals surface area contributed by atoms with Crippen molar-refractivity contribution in [1.82, 2.24) is 0 Å². The smallest absolute Gasteiger partial charge is 0.419 e. The second kappa shape index (κ2) is 6.37. The van der Waals surface area contributed by atoms with E-state index in [2.05, 4.69) is 0 Å². The molecular weight excluding hydrogens is 303 g/mol. The molecule has 0 aromatic heterocycles. The van der Waals surface area contributed by atoms with Gasteiger partial charge in [-0.25, -0.2) is 0 Å². The Morgan fingerprint density at radius 1 is 1.05 bits per heavy atom. The Morgan fingerprint density at radius 3 is 2.38 bits per heavy atom. The molecule has 0 radical (unpaired) electrons. The molecule has 0 saturated heterocycles. The van der Waals surface area contributed by atoms with Gasteiger partial charge in [-0.3, -0.25) is 0 Å². The summed E-state index contributed by atoms with van der Waals surface area (Å²) in [4.78, 5) is 0. The number of hydrogen-bond donors (Lipinski definition) is 1. The van der Waals surface area contributed by atoms with E-state index in [1.807, 2.05) is 0 Å². The molecule has 0 aliphatic rings. The molecule has 0 aliphatic carbocycles. The third-order valence-electron chi connectivity index (χ3n) is 2.82. The second-order valence-electron chi connectivity index (χ2n) is 4.36. The minimum atomic E-state index is -4.50. The van der Waals surface area contributed by atoms with Crippen molar-refractivity contribution in [2.45, 2.75) is 6.18 Å². The summed E-state index contributed by atoms with van der Waals surface area (Å²) in [6, 6.07) is 10.6. The molecule has 0 spiro atoms. The molecule has 0 fully saturated rings. The lowest BCUT2D eigenvalue weighted by atomic mass is 10.0. The van der Waals surface area contributed by atoms with Crippen LogP contribution in [0.2, 0.25) is 5.02 Å². The van der Waals surface area contributed by atoms with Crippen LogP contribution in [0, 0.1) is 0 Å². The van der Waals surface area contributed by atoms with Gasteiger partial charge in [0.25, 0.3) is 0 Å². The lowest BCUT2D eigenvalue weighted by Gasteiger charge is -2.15. The first-order chi connectivity index (χ1) is 9.91. The van der Waals surface area contributed by atoms with E-state index >= 15 is 0 Å². The molecule has 0 amide bonds. The van der Waals surface area contributed by atoms with E-state index in [1.54, 1.807) is 30.3 Å². The molecule has 0 heterocycles. The first kappa shape index (κ1) is 15.7. The lowest BCUT2D eigenvalue weighted by Crippen LogP contribution is -2.14. The van der Waals surface area contributed by atoms with Gasteiger partial charge in [0.1, 0.15) is 12.4 Å². The Labute approximate surface area is 125 Å². The summed E-state index contributed by atoms with van der Waals surface area (Å²) in [6.45, 7) is 0.174. The molecule has 0 atom stereocenters. The van der Waals surface area contributed by atoms with Crippen molar-refractivity contribution in [2.24, 2.45) is 5.73 Å². The van der Waals surface area contributed by atoms with Crippen molar-refractivity contribution in [3.8, 4) is 16.9 Å². The summed E-state index contributed by atoms with van der Waals surface area (Å²) in [7, 11) is 0. The fourth-order valence-electron chi connectivity index (χ4n) is 1.89. The zero-order valence-corrected chi connectivity index (χ0v) is 11.7. The fourth-order valence-corrected chi connectivity index (χ4v) is 2.08. The summed E-state index contributed by atoms with van der Waals surface area (Å²) in [5.74, 6) is -0.223. The average Bonchev–Trinajstić information content (AvgIpc) is 2.44. The van der Waals surface area contributed by atoms with Crippen LogP contribution in [0.15, 0.2) is 42.5 Å². The first-order valence-electron chi connectivity index (χ1n) is 6.22. The third-order valence-corrected chi connectivity index (χ3v) is 3.05.